The number of nitro benzene ring substituents is 1. The van der Waals surface area contributed by atoms with Crippen LogP contribution in [-0.4, -0.2) is 16.0 Å². The summed E-state index contributed by atoms with van der Waals surface area (Å²) in [6.07, 6.45) is 0. The normalized spacial score (nSPS) is 10.1. The Labute approximate surface area is 125 Å². The molecule has 0 saturated heterocycles. The van der Waals surface area contributed by atoms with Crippen LogP contribution in [0.2, 0.25) is 5.02 Å². The average molecular weight is 307 g/mol. The maximum absolute atomic E-state index is 11.3. The SMILES string of the molecule is O=C(O)c1c(CNc2ccc(Cl)cc2)cccc1[N+](=O)[O-]. The number of hydrogen-bond donors (Lipinski definition) is 2. The monoisotopic (exact) mass is 306 g/mol. The number of anilines is 1. The minimum absolute atomic E-state index is 0.158. The fourth-order valence-electron chi connectivity index (χ4n) is 1.90. The van der Waals surface area contributed by atoms with Crippen molar-refractivity contribution in [2.45, 2.75) is 6.54 Å². The second kappa shape index (κ2) is 6.23. The van der Waals surface area contributed by atoms with Crippen molar-refractivity contribution < 1.29 is 14.8 Å². The molecular formula is C14H11ClN2O4. The summed E-state index contributed by atoms with van der Waals surface area (Å²) in [5.74, 6) is -1.32. The Morgan fingerprint density at radius 1 is 1.24 bits per heavy atom. The van der Waals surface area contributed by atoms with E-state index in [0.717, 1.165) is 5.69 Å². The highest BCUT2D eigenvalue weighted by molar-refractivity contribution is 6.30. The van der Waals surface area contributed by atoms with Crippen molar-refractivity contribution in [1.82, 2.24) is 0 Å². The van der Waals surface area contributed by atoms with E-state index in [9.17, 15) is 20.0 Å². The van der Waals surface area contributed by atoms with Gasteiger partial charge in [0.25, 0.3) is 5.69 Å². The molecule has 0 heterocycles. The van der Waals surface area contributed by atoms with Crippen molar-refractivity contribution in [1.29, 1.82) is 0 Å². The van der Waals surface area contributed by atoms with Crippen LogP contribution in [0, 0.1) is 10.1 Å². The van der Waals surface area contributed by atoms with Crippen molar-refractivity contribution in [3.05, 3.63) is 68.7 Å². The lowest BCUT2D eigenvalue weighted by atomic mass is 10.1. The number of carboxylic acids is 1. The third-order valence-corrected chi connectivity index (χ3v) is 3.12. The van der Waals surface area contributed by atoms with Gasteiger partial charge in [-0.3, -0.25) is 10.1 Å². The summed E-state index contributed by atoms with van der Waals surface area (Å²) in [6, 6.07) is 11.0. The van der Waals surface area contributed by atoms with Crippen molar-refractivity contribution >= 4 is 28.9 Å². The Bertz CT molecular complexity index is 686. The quantitative estimate of drug-likeness (QED) is 0.651. The molecule has 0 fully saturated rings. The molecule has 7 heteroatoms. The average Bonchev–Trinajstić information content (AvgIpc) is 2.46. The molecule has 0 atom stereocenters. The highest BCUT2D eigenvalue weighted by atomic mass is 35.5. The Kier molecular flexibility index (Phi) is 4.39. The largest absolute Gasteiger partial charge is 0.477 e. The number of rotatable bonds is 5. The summed E-state index contributed by atoms with van der Waals surface area (Å²) in [5, 5.41) is 23.7. The van der Waals surface area contributed by atoms with Crippen molar-refractivity contribution in [2.24, 2.45) is 0 Å². The smallest absolute Gasteiger partial charge is 0.343 e. The first-order chi connectivity index (χ1) is 9.99. The van der Waals surface area contributed by atoms with E-state index in [4.69, 9.17) is 11.6 Å². The molecule has 0 radical (unpaired) electrons. The van der Waals surface area contributed by atoms with Gasteiger partial charge in [-0.1, -0.05) is 23.7 Å². The zero-order valence-corrected chi connectivity index (χ0v) is 11.5. The second-order valence-electron chi connectivity index (χ2n) is 4.23. The van der Waals surface area contributed by atoms with Gasteiger partial charge in [-0.15, -0.1) is 0 Å². The van der Waals surface area contributed by atoms with Crippen molar-refractivity contribution in [3.63, 3.8) is 0 Å². The third kappa shape index (κ3) is 3.49. The Balaban J connectivity index is 2.27. The Morgan fingerprint density at radius 2 is 1.90 bits per heavy atom. The summed E-state index contributed by atoms with van der Waals surface area (Å²) in [4.78, 5) is 21.5. The number of nitrogens with zero attached hydrogens (tertiary/aromatic N) is 1. The van der Waals surface area contributed by atoms with E-state index in [0.29, 0.717) is 10.6 Å². The van der Waals surface area contributed by atoms with E-state index in [2.05, 4.69) is 5.32 Å². The lowest BCUT2D eigenvalue weighted by Crippen LogP contribution is -2.10. The lowest BCUT2D eigenvalue weighted by molar-refractivity contribution is -0.385. The zero-order valence-electron chi connectivity index (χ0n) is 10.7. The number of hydrogen-bond acceptors (Lipinski definition) is 4. The number of halogens is 1. The molecule has 0 aromatic heterocycles. The highest BCUT2D eigenvalue weighted by Crippen LogP contribution is 2.23. The highest BCUT2D eigenvalue weighted by Gasteiger charge is 2.23. The molecule has 2 N–H and O–H groups in total. The molecule has 0 bridgehead atoms. The number of aromatic carboxylic acids is 1. The molecule has 0 spiro atoms. The molecular weight excluding hydrogens is 296 g/mol. The molecule has 2 aromatic rings. The van der Waals surface area contributed by atoms with E-state index >= 15 is 0 Å². The van der Waals surface area contributed by atoms with Gasteiger partial charge in [0.1, 0.15) is 5.56 Å². The minimum Gasteiger partial charge on any atom is -0.477 e. The van der Waals surface area contributed by atoms with Gasteiger partial charge in [-0.05, 0) is 29.8 Å². The summed E-state index contributed by atoms with van der Waals surface area (Å²) < 4.78 is 0. The van der Waals surface area contributed by atoms with Crippen LogP contribution in [-0.2, 0) is 6.54 Å². The first-order valence-corrected chi connectivity index (χ1v) is 6.36. The maximum atomic E-state index is 11.3. The number of nitro groups is 1. The van der Waals surface area contributed by atoms with Gasteiger partial charge in [0, 0.05) is 23.3 Å². The van der Waals surface area contributed by atoms with Crippen LogP contribution in [0.4, 0.5) is 11.4 Å². The van der Waals surface area contributed by atoms with Gasteiger partial charge in [0.15, 0.2) is 0 Å². The van der Waals surface area contributed by atoms with Crippen molar-refractivity contribution in [2.75, 3.05) is 5.32 Å². The first kappa shape index (κ1) is 14.8. The molecule has 0 saturated carbocycles. The second-order valence-corrected chi connectivity index (χ2v) is 4.67. The van der Waals surface area contributed by atoms with E-state index < -0.39 is 16.6 Å². The van der Waals surface area contributed by atoms with Gasteiger partial charge < -0.3 is 10.4 Å². The van der Waals surface area contributed by atoms with Crippen LogP contribution in [0.5, 0.6) is 0 Å². The number of carboxylic acid groups (broad SMARTS) is 1. The summed E-state index contributed by atoms with van der Waals surface area (Å²) in [7, 11) is 0. The molecule has 0 aliphatic carbocycles. The fraction of sp³-hybridized carbons (Fsp3) is 0.0714. The van der Waals surface area contributed by atoms with Crippen LogP contribution >= 0.6 is 11.6 Å². The van der Waals surface area contributed by atoms with Crippen LogP contribution in [0.25, 0.3) is 0 Å². The maximum Gasteiger partial charge on any atom is 0.343 e. The minimum atomic E-state index is -1.32. The predicted molar refractivity (Wildman–Crippen MR) is 78.8 cm³/mol. The lowest BCUT2D eigenvalue weighted by Gasteiger charge is -2.09. The Morgan fingerprint density at radius 3 is 2.48 bits per heavy atom. The van der Waals surface area contributed by atoms with Crippen LogP contribution in [0.3, 0.4) is 0 Å². The van der Waals surface area contributed by atoms with E-state index in [1.807, 2.05) is 0 Å². The van der Waals surface area contributed by atoms with Gasteiger partial charge in [0.05, 0.1) is 4.92 Å². The zero-order chi connectivity index (χ0) is 15.4. The van der Waals surface area contributed by atoms with Gasteiger partial charge in [-0.2, -0.15) is 0 Å². The number of benzene rings is 2. The molecule has 2 rings (SSSR count). The Hall–Kier alpha value is -2.60. The van der Waals surface area contributed by atoms with Gasteiger partial charge in [-0.25, -0.2) is 4.79 Å². The van der Waals surface area contributed by atoms with Gasteiger partial charge >= 0.3 is 5.97 Å². The van der Waals surface area contributed by atoms with E-state index in [-0.39, 0.29) is 12.1 Å². The fourth-order valence-corrected chi connectivity index (χ4v) is 2.02. The summed E-state index contributed by atoms with van der Waals surface area (Å²) in [5.41, 5.74) is 0.357. The molecule has 0 aliphatic rings. The molecule has 108 valence electrons. The topological polar surface area (TPSA) is 92.5 Å². The molecule has 0 aliphatic heterocycles. The first-order valence-electron chi connectivity index (χ1n) is 5.98. The van der Waals surface area contributed by atoms with Crippen LogP contribution < -0.4 is 5.32 Å². The molecule has 6 nitrogen and oxygen atoms in total. The molecule has 2 aromatic carbocycles. The van der Waals surface area contributed by atoms with Crippen LogP contribution in [0.1, 0.15) is 15.9 Å². The van der Waals surface area contributed by atoms with Gasteiger partial charge in [0.2, 0.25) is 0 Å². The molecule has 0 amide bonds. The standard InChI is InChI=1S/C14H11ClN2O4/c15-10-4-6-11(7-5-10)16-8-9-2-1-3-12(17(20)21)13(9)14(18)19/h1-7,16H,8H2,(H,18,19). The number of carbonyl (C=O) groups is 1. The van der Waals surface area contributed by atoms with E-state index in [1.54, 1.807) is 30.3 Å². The number of nitrogens with one attached hydrogen (secondary N) is 1. The molecule has 21 heavy (non-hydrogen) atoms. The predicted octanol–water partition coefficient (Wildman–Crippen LogP) is 3.56. The van der Waals surface area contributed by atoms with Crippen LogP contribution in [0.15, 0.2) is 42.5 Å². The summed E-state index contributed by atoms with van der Waals surface area (Å²) in [6.45, 7) is 0.158. The molecule has 0 unspecified atom stereocenters. The van der Waals surface area contributed by atoms with Crippen molar-refractivity contribution in [3.8, 4) is 0 Å². The third-order valence-electron chi connectivity index (χ3n) is 2.87. The van der Waals surface area contributed by atoms with E-state index in [1.165, 1.54) is 12.1 Å². The summed E-state index contributed by atoms with van der Waals surface area (Å²) >= 11 is 5.77.